The lowest BCUT2D eigenvalue weighted by atomic mass is 10.4. The van der Waals surface area contributed by atoms with Crippen LogP contribution in [0.3, 0.4) is 0 Å². The van der Waals surface area contributed by atoms with Crippen molar-refractivity contribution in [1.29, 1.82) is 0 Å². The second-order valence-electron chi connectivity index (χ2n) is 5.71. The molecule has 0 atom stereocenters. The van der Waals surface area contributed by atoms with E-state index in [4.69, 9.17) is 10.2 Å². The molecule has 4 heterocycles. The number of fused-ring (bicyclic) bond motifs is 3. The van der Waals surface area contributed by atoms with Crippen molar-refractivity contribution < 1.29 is 9.52 Å². The maximum Gasteiger partial charge on any atom is 0.225 e. The minimum atomic E-state index is 0.0553. The smallest absolute Gasteiger partial charge is 0.225 e. The van der Waals surface area contributed by atoms with Crippen LogP contribution in [0.25, 0.3) is 28.4 Å². The predicted molar refractivity (Wildman–Crippen MR) is 81.7 cm³/mol. The molecule has 5 rings (SSSR count). The fraction of sp³-hybridized carbons (Fsp3) is 0.357. The highest BCUT2D eigenvalue weighted by Gasteiger charge is 2.33. The van der Waals surface area contributed by atoms with Crippen LogP contribution in [-0.4, -0.2) is 40.7 Å². The van der Waals surface area contributed by atoms with Crippen LogP contribution in [0.4, 0.5) is 5.95 Å². The molecule has 4 aromatic heterocycles. The number of rotatable bonds is 4. The first-order chi connectivity index (χ1) is 11.3. The summed E-state index contributed by atoms with van der Waals surface area (Å²) in [6.07, 6.45) is 3.83. The Morgan fingerprint density at radius 2 is 2.17 bits per heavy atom. The minimum absolute atomic E-state index is 0.0553. The molecule has 0 bridgehead atoms. The number of nitrogen functional groups attached to an aromatic ring is 1. The first-order valence-corrected chi connectivity index (χ1v) is 7.55. The highest BCUT2D eigenvalue weighted by molar-refractivity contribution is 5.90. The third kappa shape index (κ3) is 1.67. The van der Waals surface area contributed by atoms with Gasteiger partial charge in [0.15, 0.2) is 17.1 Å². The van der Waals surface area contributed by atoms with Gasteiger partial charge in [-0.2, -0.15) is 9.50 Å². The summed E-state index contributed by atoms with van der Waals surface area (Å²) in [5, 5.41) is 13.7. The molecule has 4 aromatic rings. The van der Waals surface area contributed by atoms with E-state index in [-0.39, 0.29) is 12.6 Å². The number of hydrogen-bond donors (Lipinski definition) is 2. The molecular weight excluding hydrogens is 298 g/mol. The molecule has 0 radical (unpaired) electrons. The summed E-state index contributed by atoms with van der Waals surface area (Å²) in [6, 6.07) is 4.04. The average Bonchev–Trinajstić information content (AvgIpc) is 3.03. The van der Waals surface area contributed by atoms with Crippen LogP contribution in [0.15, 0.2) is 22.8 Å². The lowest BCUT2D eigenvalue weighted by Gasteiger charge is -2.25. The van der Waals surface area contributed by atoms with E-state index in [0.717, 1.165) is 24.0 Å². The summed E-state index contributed by atoms with van der Waals surface area (Å²) in [6.45, 7) is 0.547. The lowest BCUT2D eigenvalue weighted by molar-refractivity contribution is 0.256. The Bertz CT molecular complexity index is 1000. The maximum absolute atomic E-state index is 9.29. The summed E-state index contributed by atoms with van der Waals surface area (Å²) in [4.78, 5) is 9.01. The van der Waals surface area contributed by atoms with E-state index in [0.29, 0.717) is 29.8 Å². The summed E-state index contributed by atoms with van der Waals surface area (Å²) in [5.74, 6) is 1.34. The van der Waals surface area contributed by atoms with Gasteiger partial charge in [-0.25, -0.2) is 4.98 Å². The number of furan rings is 1. The molecule has 0 aliphatic heterocycles. The quantitative estimate of drug-likeness (QED) is 0.582. The Hall–Kier alpha value is -2.81. The number of hydrogen-bond acceptors (Lipinski definition) is 6. The second-order valence-corrected chi connectivity index (χ2v) is 5.71. The van der Waals surface area contributed by atoms with Crippen LogP contribution in [0.2, 0.25) is 0 Å². The van der Waals surface area contributed by atoms with Gasteiger partial charge in [-0.05, 0) is 25.0 Å². The van der Waals surface area contributed by atoms with Gasteiger partial charge in [-0.1, -0.05) is 0 Å². The molecule has 9 nitrogen and oxygen atoms in total. The topological polar surface area (TPSA) is 112 Å². The van der Waals surface area contributed by atoms with Crippen LogP contribution in [0.5, 0.6) is 0 Å². The standard InChI is InChI=1S/C14H15N7O2/c15-14-17-12-10(21(8-3-4-8)19(12)5-6-22)13-16-11(18-20(13)14)9-2-1-7-23-9/h1-2,7-8,22H,3-6H2,(H2,15,17). The van der Waals surface area contributed by atoms with Crippen LogP contribution in [0.1, 0.15) is 18.9 Å². The van der Waals surface area contributed by atoms with Crippen molar-refractivity contribution in [1.82, 2.24) is 28.9 Å². The molecule has 0 unspecified atom stereocenters. The van der Waals surface area contributed by atoms with Gasteiger partial charge < -0.3 is 15.3 Å². The number of anilines is 1. The zero-order valence-electron chi connectivity index (χ0n) is 12.3. The Labute approximate surface area is 129 Å². The van der Waals surface area contributed by atoms with Crippen molar-refractivity contribution in [3.8, 4) is 11.6 Å². The molecule has 0 aromatic carbocycles. The van der Waals surface area contributed by atoms with Gasteiger partial charge in [0, 0.05) is 0 Å². The van der Waals surface area contributed by atoms with Gasteiger partial charge in [-0.3, -0.25) is 9.36 Å². The minimum Gasteiger partial charge on any atom is -0.461 e. The van der Waals surface area contributed by atoms with Crippen molar-refractivity contribution in [3.05, 3.63) is 18.4 Å². The van der Waals surface area contributed by atoms with E-state index in [2.05, 4.69) is 19.7 Å². The molecule has 0 spiro atoms. The second kappa shape index (κ2) is 4.35. The highest BCUT2D eigenvalue weighted by atomic mass is 16.3. The molecule has 118 valence electrons. The van der Waals surface area contributed by atoms with E-state index < -0.39 is 0 Å². The zero-order chi connectivity index (χ0) is 15.6. The van der Waals surface area contributed by atoms with E-state index >= 15 is 0 Å². The molecule has 1 saturated carbocycles. The van der Waals surface area contributed by atoms with Crippen molar-refractivity contribution in [3.63, 3.8) is 0 Å². The number of aliphatic hydroxyl groups excluding tert-OH is 1. The van der Waals surface area contributed by atoms with Crippen molar-refractivity contribution in [2.45, 2.75) is 25.4 Å². The summed E-state index contributed by atoms with van der Waals surface area (Å²) < 4.78 is 11.0. The van der Waals surface area contributed by atoms with E-state index in [9.17, 15) is 5.11 Å². The van der Waals surface area contributed by atoms with Crippen molar-refractivity contribution in [2.24, 2.45) is 0 Å². The van der Waals surface area contributed by atoms with Gasteiger partial charge in [0.2, 0.25) is 11.8 Å². The normalized spacial score (nSPS) is 15.2. The molecule has 0 amide bonds. The molecule has 0 saturated heterocycles. The van der Waals surface area contributed by atoms with Crippen LogP contribution in [-0.2, 0) is 6.54 Å². The van der Waals surface area contributed by atoms with Gasteiger partial charge >= 0.3 is 0 Å². The Kier molecular flexibility index (Phi) is 2.41. The van der Waals surface area contributed by atoms with Crippen LogP contribution >= 0.6 is 0 Å². The number of aromatic nitrogens is 6. The monoisotopic (exact) mass is 313 g/mol. The third-order valence-electron chi connectivity index (χ3n) is 4.15. The number of nitrogens with two attached hydrogens (primary N) is 1. The van der Waals surface area contributed by atoms with Crippen LogP contribution in [0, 0.1) is 0 Å². The highest BCUT2D eigenvalue weighted by Crippen LogP contribution is 2.40. The summed E-state index contributed by atoms with van der Waals surface area (Å²) in [5.41, 5.74) is 8.36. The lowest BCUT2D eigenvalue weighted by Crippen LogP contribution is -2.27. The summed E-state index contributed by atoms with van der Waals surface area (Å²) in [7, 11) is 0. The Morgan fingerprint density at radius 1 is 1.30 bits per heavy atom. The van der Waals surface area contributed by atoms with E-state index in [1.54, 1.807) is 16.8 Å². The maximum atomic E-state index is 9.29. The largest absolute Gasteiger partial charge is 0.461 e. The molecule has 1 fully saturated rings. The van der Waals surface area contributed by atoms with Crippen molar-refractivity contribution in [2.75, 3.05) is 12.3 Å². The molecule has 23 heavy (non-hydrogen) atoms. The molecule has 9 heteroatoms. The van der Waals surface area contributed by atoms with E-state index in [1.165, 1.54) is 0 Å². The van der Waals surface area contributed by atoms with Crippen molar-refractivity contribution >= 4 is 22.8 Å². The van der Waals surface area contributed by atoms with Crippen LogP contribution < -0.4 is 5.73 Å². The Morgan fingerprint density at radius 3 is 2.87 bits per heavy atom. The number of aliphatic hydroxyl groups is 1. The van der Waals surface area contributed by atoms with Gasteiger partial charge in [0.1, 0.15) is 5.52 Å². The van der Waals surface area contributed by atoms with Gasteiger partial charge in [-0.15, -0.1) is 5.10 Å². The average molecular weight is 313 g/mol. The fourth-order valence-electron chi connectivity index (χ4n) is 3.01. The zero-order valence-corrected chi connectivity index (χ0v) is 12.3. The summed E-state index contributed by atoms with van der Waals surface area (Å²) >= 11 is 0. The Balaban J connectivity index is 1.80. The number of nitrogens with zero attached hydrogens (tertiary/aromatic N) is 6. The van der Waals surface area contributed by atoms with Gasteiger partial charge in [0.05, 0.1) is 25.5 Å². The van der Waals surface area contributed by atoms with E-state index in [1.807, 2.05) is 10.7 Å². The molecule has 1 aliphatic rings. The SMILES string of the molecule is Nc1nc2c(c3nc(-c4ccco4)nn13)n(C1CC1)n2CCO. The van der Waals surface area contributed by atoms with Gasteiger partial charge in [0.25, 0.3) is 0 Å². The predicted octanol–water partition coefficient (Wildman–Crippen LogP) is 1.05. The molecule has 3 N–H and O–H groups in total. The first-order valence-electron chi connectivity index (χ1n) is 7.55. The molecule has 1 aliphatic carbocycles. The third-order valence-corrected chi connectivity index (χ3v) is 4.15. The fourth-order valence-corrected chi connectivity index (χ4v) is 3.01. The molecular formula is C14H15N7O2. The first kappa shape index (κ1) is 12.7.